The van der Waals surface area contributed by atoms with E-state index in [0.29, 0.717) is 18.8 Å². The molecular weight excluding hydrogens is 260 g/mol. The van der Waals surface area contributed by atoms with Gasteiger partial charge in [-0.3, -0.25) is 4.79 Å². The van der Waals surface area contributed by atoms with E-state index in [0.717, 1.165) is 39.0 Å². The number of carbonyl (C=O) groups is 2. The third kappa shape index (κ3) is 4.10. The molecule has 20 heavy (non-hydrogen) atoms. The Morgan fingerprint density at radius 2 is 1.95 bits per heavy atom. The molecule has 6 heteroatoms. The molecule has 1 aliphatic carbocycles. The van der Waals surface area contributed by atoms with Gasteiger partial charge < -0.3 is 20.1 Å². The van der Waals surface area contributed by atoms with Crippen LogP contribution in [0.5, 0.6) is 0 Å². The van der Waals surface area contributed by atoms with E-state index in [1.54, 1.807) is 11.9 Å². The van der Waals surface area contributed by atoms with E-state index in [4.69, 9.17) is 9.84 Å². The topological polar surface area (TPSA) is 78.9 Å². The molecule has 2 atom stereocenters. The number of nitrogens with zero attached hydrogens (tertiary/aromatic N) is 1. The molecule has 2 fully saturated rings. The molecule has 1 saturated carbocycles. The van der Waals surface area contributed by atoms with Gasteiger partial charge in [-0.25, -0.2) is 4.79 Å². The van der Waals surface area contributed by atoms with Crippen molar-refractivity contribution in [3.05, 3.63) is 0 Å². The van der Waals surface area contributed by atoms with E-state index in [2.05, 4.69) is 5.32 Å². The molecule has 1 saturated heterocycles. The quantitative estimate of drug-likeness (QED) is 0.816. The van der Waals surface area contributed by atoms with Gasteiger partial charge in [0.2, 0.25) is 0 Å². The summed E-state index contributed by atoms with van der Waals surface area (Å²) in [6.07, 6.45) is 3.97. The van der Waals surface area contributed by atoms with Crippen molar-refractivity contribution in [2.24, 2.45) is 11.8 Å². The van der Waals surface area contributed by atoms with Gasteiger partial charge in [-0.1, -0.05) is 0 Å². The molecule has 6 nitrogen and oxygen atoms in total. The first-order valence-corrected chi connectivity index (χ1v) is 7.38. The second-order valence-electron chi connectivity index (χ2n) is 5.93. The fraction of sp³-hybridized carbons (Fsp3) is 0.857. The van der Waals surface area contributed by atoms with Crippen molar-refractivity contribution in [1.29, 1.82) is 0 Å². The fourth-order valence-electron chi connectivity index (χ4n) is 3.02. The van der Waals surface area contributed by atoms with Crippen molar-refractivity contribution in [3.8, 4) is 0 Å². The summed E-state index contributed by atoms with van der Waals surface area (Å²) in [4.78, 5) is 24.7. The summed E-state index contributed by atoms with van der Waals surface area (Å²) in [7, 11) is 1.80. The molecule has 2 N–H and O–H groups in total. The number of carboxylic acids is 1. The average molecular weight is 284 g/mol. The van der Waals surface area contributed by atoms with Crippen molar-refractivity contribution in [3.63, 3.8) is 0 Å². The summed E-state index contributed by atoms with van der Waals surface area (Å²) >= 11 is 0. The molecule has 1 heterocycles. The van der Waals surface area contributed by atoms with E-state index in [1.807, 2.05) is 0 Å². The van der Waals surface area contributed by atoms with Crippen LogP contribution < -0.4 is 5.32 Å². The van der Waals surface area contributed by atoms with E-state index >= 15 is 0 Å². The lowest BCUT2D eigenvalue weighted by Crippen LogP contribution is -2.44. The van der Waals surface area contributed by atoms with E-state index < -0.39 is 5.97 Å². The van der Waals surface area contributed by atoms with E-state index in [-0.39, 0.29) is 18.0 Å². The summed E-state index contributed by atoms with van der Waals surface area (Å²) in [5.74, 6) is -0.548. The smallest absolute Gasteiger partial charge is 0.317 e. The van der Waals surface area contributed by atoms with Crippen LogP contribution in [0.3, 0.4) is 0 Å². The average Bonchev–Trinajstić information content (AvgIpc) is 2.88. The molecule has 2 amide bonds. The van der Waals surface area contributed by atoms with Crippen LogP contribution >= 0.6 is 0 Å². The summed E-state index contributed by atoms with van der Waals surface area (Å²) in [5.41, 5.74) is 0. The lowest BCUT2D eigenvalue weighted by molar-refractivity contribution is -0.141. The molecule has 0 bridgehead atoms. The van der Waals surface area contributed by atoms with Gasteiger partial charge in [0, 0.05) is 32.8 Å². The predicted octanol–water partition coefficient (Wildman–Crippen LogP) is 1.31. The Hall–Kier alpha value is -1.30. The number of hydrogen-bond donors (Lipinski definition) is 2. The minimum Gasteiger partial charge on any atom is -0.481 e. The van der Waals surface area contributed by atoms with Crippen molar-refractivity contribution in [1.82, 2.24) is 10.2 Å². The zero-order valence-corrected chi connectivity index (χ0v) is 12.0. The first-order valence-electron chi connectivity index (χ1n) is 7.38. The molecule has 0 aromatic carbocycles. The van der Waals surface area contributed by atoms with Gasteiger partial charge in [0.1, 0.15) is 0 Å². The van der Waals surface area contributed by atoms with Gasteiger partial charge in [0.25, 0.3) is 0 Å². The SMILES string of the molecule is CN(CC1CCOCC1)C(=O)N[C@H]1CC[C@@H](C(=O)O)C1. The van der Waals surface area contributed by atoms with Crippen LogP contribution in [0.2, 0.25) is 0 Å². The lowest BCUT2D eigenvalue weighted by Gasteiger charge is -2.28. The lowest BCUT2D eigenvalue weighted by atomic mass is 10.00. The molecule has 0 spiro atoms. The maximum absolute atomic E-state index is 12.1. The first-order chi connectivity index (χ1) is 9.56. The van der Waals surface area contributed by atoms with Gasteiger partial charge in [-0.05, 0) is 38.0 Å². The Bertz CT molecular complexity index is 355. The largest absolute Gasteiger partial charge is 0.481 e. The zero-order chi connectivity index (χ0) is 14.5. The standard InChI is InChI=1S/C14H24N2O4/c1-16(9-10-4-6-20-7-5-10)14(19)15-12-3-2-11(8-12)13(17)18/h10-12H,2-9H2,1H3,(H,15,19)(H,17,18)/t11-,12+/m1/s1. The number of urea groups is 1. The molecule has 2 aliphatic rings. The summed E-state index contributed by atoms with van der Waals surface area (Å²) in [6, 6.07) is -0.0896. The number of rotatable bonds is 4. The monoisotopic (exact) mass is 284 g/mol. The number of ether oxygens (including phenoxy) is 1. The normalized spacial score (nSPS) is 27.2. The molecule has 0 radical (unpaired) electrons. The fourth-order valence-corrected chi connectivity index (χ4v) is 3.02. The van der Waals surface area contributed by atoms with Crippen molar-refractivity contribution in [2.45, 2.75) is 38.1 Å². The van der Waals surface area contributed by atoms with Gasteiger partial charge in [-0.15, -0.1) is 0 Å². The molecule has 0 unspecified atom stereocenters. The Labute approximate surface area is 119 Å². The minimum absolute atomic E-state index is 0.000684. The van der Waals surface area contributed by atoms with Crippen molar-refractivity contribution >= 4 is 12.0 Å². The van der Waals surface area contributed by atoms with Gasteiger partial charge in [0.15, 0.2) is 0 Å². The van der Waals surface area contributed by atoms with Gasteiger partial charge in [0.05, 0.1) is 5.92 Å². The Morgan fingerprint density at radius 3 is 2.55 bits per heavy atom. The van der Waals surface area contributed by atoms with Gasteiger partial charge >= 0.3 is 12.0 Å². The summed E-state index contributed by atoms with van der Waals surface area (Å²) in [6.45, 7) is 2.30. The molecular formula is C14H24N2O4. The zero-order valence-electron chi connectivity index (χ0n) is 12.0. The van der Waals surface area contributed by atoms with Crippen LogP contribution in [-0.2, 0) is 9.53 Å². The van der Waals surface area contributed by atoms with Crippen LogP contribution in [0.1, 0.15) is 32.1 Å². The van der Waals surface area contributed by atoms with E-state index in [9.17, 15) is 9.59 Å². The minimum atomic E-state index is -0.752. The Kier molecular flexibility index (Phi) is 5.23. The highest BCUT2D eigenvalue weighted by molar-refractivity contribution is 5.75. The second-order valence-corrected chi connectivity index (χ2v) is 5.93. The third-order valence-corrected chi connectivity index (χ3v) is 4.33. The highest BCUT2D eigenvalue weighted by atomic mass is 16.5. The number of carboxylic acid groups (broad SMARTS) is 1. The molecule has 0 aromatic rings. The van der Waals surface area contributed by atoms with Crippen molar-refractivity contribution in [2.75, 3.05) is 26.8 Å². The number of amides is 2. The highest BCUT2D eigenvalue weighted by Gasteiger charge is 2.31. The van der Waals surface area contributed by atoms with Crippen LogP contribution in [-0.4, -0.2) is 54.9 Å². The maximum atomic E-state index is 12.1. The summed E-state index contributed by atoms with van der Waals surface area (Å²) < 4.78 is 5.31. The molecule has 0 aromatic heterocycles. The number of hydrogen-bond acceptors (Lipinski definition) is 3. The summed E-state index contributed by atoms with van der Waals surface area (Å²) in [5, 5.41) is 11.9. The Morgan fingerprint density at radius 1 is 1.25 bits per heavy atom. The van der Waals surface area contributed by atoms with Crippen LogP contribution in [0.4, 0.5) is 4.79 Å². The number of carbonyl (C=O) groups excluding carboxylic acids is 1. The van der Waals surface area contributed by atoms with Crippen molar-refractivity contribution < 1.29 is 19.4 Å². The molecule has 114 valence electrons. The number of nitrogens with one attached hydrogen (secondary N) is 1. The Balaban J connectivity index is 1.72. The predicted molar refractivity (Wildman–Crippen MR) is 73.5 cm³/mol. The highest BCUT2D eigenvalue weighted by Crippen LogP contribution is 2.25. The number of aliphatic carboxylic acids is 1. The van der Waals surface area contributed by atoms with Crippen LogP contribution in [0.15, 0.2) is 0 Å². The first kappa shape index (κ1) is 15.1. The third-order valence-electron chi connectivity index (χ3n) is 4.33. The van der Waals surface area contributed by atoms with E-state index in [1.165, 1.54) is 0 Å². The molecule has 2 rings (SSSR count). The van der Waals surface area contributed by atoms with Gasteiger partial charge in [-0.2, -0.15) is 0 Å². The maximum Gasteiger partial charge on any atom is 0.317 e. The second kappa shape index (κ2) is 6.92. The van der Waals surface area contributed by atoms with Crippen LogP contribution in [0.25, 0.3) is 0 Å². The molecule has 1 aliphatic heterocycles. The van der Waals surface area contributed by atoms with Crippen LogP contribution in [0, 0.1) is 11.8 Å².